The van der Waals surface area contributed by atoms with Gasteiger partial charge in [0.05, 0.1) is 27.3 Å². The first-order chi connectivity index (χ1) is 12.7. The van der Waals surface area contributed by atoms with Crippen molar-refractivity contribution in [1.29, 1.82) is 0 Å². The molecule has 8 heteroatoms. The van der Waals surface area contributed by atoms with E-state index in [1.54, 1.807) is 0 Å². The van der Waals surface area contributed by atoms with Crippen LogP contribution in [0.15, 0.2) is 12.5 Å². The van der Waals surface area contributed by atoms with Crippen LogP contribution in [0.2, 0.25) is 0 Å². The molecule has 0 saturated carbocycles. The van der Waals surface area contributed by atoms with Crippen LogP contribution < -0.4 is 4.57 Å². The van der Waals surface area contributed by atoms with Crippen LogP contribution in [0.1, 0.15) is 74.1 Å². The Hall–Kier alpha value is -0.720. The first-order valence-electron chi connectivity index (χ1n) is 10.0. The quantitative estimate of drug-likeness (QED) is 0.334. The van der Waals surface area contributed by atoms with E-state index in [0.717, 1.165) is 5.69 Å². The molecular formula is C20H41N3O4P+. The summed E-state index contributed by atoms with van der Waals surface area (Å²) in [7, 11) is 0.500. The monoisotopic (exact) mass is 418 g/mol. The van der Waals surface area contributed by atoms with Crippen LogP contribution in [-0.2, 0) is 32.5 Å². The second-order valence-electron chi connectivity index (χ2n) is 9.31. The first kappa shape index (κ1) is 25.3. The van der Waals surface area contributed by atoms with Crippen molar-refractivity contribution >= 4 is 7.60 Å². The second kappa shape index (κ2) is 9.40. The molecule has 0 aliphatic heterocycles. The minimum absolute atomic E-state index is 0.244. The van der Waals surface area contributed by atoms with E-state index in [4.69, 9.17) is 13.9 Å². The van der Waals surface area contributed by atoms with Gasteiger partial charge in [-0.1, -0.05) is 20.8 Å². The Morgan fingerprint density at radius 1 is 1.14 bits per heavy atom. The van der Waals surface area contributed by atoms with Gasteiger partial charge in [-0.25, -0.2) is 9.13 Å². The predicted molar refractivity (Wildman–Crippen MR) is 112 cm³/mol. The van der Waals surface area contributed by atoms with Crippen molar-refractivity contribution in [2.75, 3.05) is 13.2 Å². The fraction of sp³-hybridized carbons (Fsp3) is 0.850. The van der Waals surface area contributed by atoms with E-state index in [1.165, 1.54) is 0 Å². The average Bonchev–Trinajstić information content (AvgIpc) is 2.83. The molecule has 2 unspecified atom stereocenters. The van der Waals surface area contributed by atoms with Gasteiger partial charge in [0.25, 0.3) is 0 Å². The smallest absolute Gasteiger partial charge is 0.308 e. The molecule has 0 saturated heterocycles. The van der Waals surface area contributed by atoms with Crippen molar-refractivity contribution in [3.63, 3.8) is 0 Å². The standard InChI is InChI=1S/C20H41N3O4P/c1-12-25-28(24,26-13-2)18(19(4,5)6)23(20(7,8)9)27-16(3)17-14-21(10)15-22(17)11/h14-16,18H,12-13H2,1-11H3/q+1. The number of hydrogen-bond donors (Lipinski definition) is 0. The number of imidazole rings is 1. The van der Waals surface area contributed by atoms with Crippen LogP contribution in [0, 0.1) is 5.41 Å². The number of rotatable bonds is 9. The van der Waals surface area contributed by atoms with Crippen molar-refractivity contribution in [3.05, 3.63) is 18.2 Å². The highest BCUT2D eigenvalue weighted by atomic mass is 31.2. The molecule has 0 amide bonds. The van der Waals surface area contributed by atoms with Gasteiger partial charge in [-0.15, -0.1) is 0 Å². The summed E-state index contributed by atoms with van der Waals surface area (Å²) < 4.78 is 29.4. The van der Waals surface area contributed by atoms with Crippen LogP contribution in [0.4, 0.5) is 0 Å². The summed E-state index contributed by atoms with van der Waals surface area (Å²) in [6.45, 7) is 18.5. The Bertz CT molecular complexity index is 666. The van der Waals surface area contributed by atoms with Crippen molar-refractivity contribution in [3.8, 4) is 0 Å². The SMILES string of the molecule is CCOP(=O)(OCC)C(N(OC(C)c1c[n+](C)cn1C)C(C)(C)C)C(C)(C)C. The van der Waals surface area contributed by atoms with Gasteiger partial charge in [-0.2, -0.15) is 5.06 Å². The van der Waals surface area contributed by atoms with Gasteiger partial charge in [-0.3, -0.25) is 9.40 Å². The lowest BCUT2D eigenvalue weighted by atomic mass is 9.94. The van der Waals surface area contributed by atoms with Gasteiger partial charge in [0.1, 0.15) is 18.1 Å². The van der Waals surface area contributed by atoms with Crippen LogP contribution in [0.5, 0.6) is 0 Å². The van der Waals surface area contributed by atoms with Crippen LogP contribution in [0.3, 0.4) is 0 Å². The minimum Gasteiger partial charge on any atom is -0.308 e. The molecule has 0 N–H and O–H groups in total. The summed E-state index contributed by atoms with van der Waals surface area (Å²) in [6.07, 6.45) is 3.78. The zero-order valence-corrected chi connectivity index (χ0v) is 20.5. The summed E-state index contributed by atoms with van der Waals surface area (Å²) in [5.74, 6) is -0.573. The zero-order chi connectivity index (χ0) is 21.9. The number of nitrogens with zero attached hydrogens (tertiary/aromatic N) is 3. The fourth-order valence-corrected chi connectivity index (χ4v) is 6.05. The molecule has 28 heavy (non-hydrogen) atoms. The third-order valence-corrected chi connectivity index (χ3v) is 7.18. The maximum Gasteiger partial charge on any atom is 0.350 e. The molecule has 1 heterocycles. The number of hydroxylamine groups is 2. The average molecular weight is 419 g/mol. The van der Waals surface area contributed by atoms with Gasteiger partial charge in [0.15, 0.2) is 5.69 Å². The lowest BCUT2D eigenvalue weighted by Crippen LogP contribution is -2.53. The molecule has 0 radical (unpaired) electrons. The van der Waals surface area contributed by atoms with E-state index < -0.39 is 24.3 Å². The largest absolute Gasteiger partial charge is 0.350 e. The summed E-state index contributed by atoms with van der Waals surface area (Å²) in [5, 5.41) is 1.83. The third kappa shape index (κ3) is 6.14. The summed E-state index contributed by atoms with van der Waals surface area (Å²) >= 11 is 0. The lowest BCUT2D eigenvalue weighted by Gasteiger charge is -2.48. The van der Waals surface area contributed by atoms with Crippen LogP contribution in [-0.4, -0.2) is 34.2 Å². The Balaban J connectivity index is 3.44. The van der Waals surface area contributed by atoms with Crippen molar-refractivity contribution in [2.24, 2.45) is 19.5 Å². The third-order valence-electron chi connectivity index (χ3n) is 4.36. The fourth-order valence-electron chi connectivity index (χ4n) is 3.36. The Labute approximate surface area is 171 Å². The summed E-state index contributed by atoms with van der Waals surface area (Å²) in [5.41, 5.74) is 0.182. The van der Waals surface area contributed by atoms with E-state index >= 15 is 0 Å². The molecule has 0 aliphatic carbocycles. The topological polar surface area (TPSA) is 56.8 Å². The highest BCUT2D eigenvalue weighted by Gasteiger charge is 2.51. The molecule has 7 nitrogen and oxygen atoms in total. The van der Waals surface area contributed by atoms with Crippen LogP contribution in [0.25, 0.3) is 0 Å². The normalized spacial score (nSPS) is 15.9. The predicted octanol–water partition coefficient (Wildman–Crippen LogP) is 4.58. The second-order valence-corrected chi connectivity index (χ2v) is 11.4. The molecule has 2 atom stereocenters. The van der Waals surface area contributed by atoms with Gasteiger partial charge < -0.3 is 9.05 Å². The van der Waals surface area contributed by atoms with Crippen molar-refractivity contribution in [1.82, 2.24) is 9.63 Å². The Kier molecular flexibility index (Phi) is 8.49. The molecule has 0 fully saturated rings. The van der Waals surface area contributed by atoms with Crippen LogP contribution >= 0.6 is 7.60 Å². The molecular weight excluding hydrogens is 377 g/mol. The molecule has 164 valence electrons. The molecule has 1 rings (SSSR count). The molecule has 0 aromatic carbocycles. The van der Waals surface area contributed by atoms with E-state index in [2.05, 4.69) is 0 Å². The summed E-state index contributed by atoms with van der Waals surface area (Å²) in [4.78, 5) is 6.49. The van der Waals surface area contributed by atoms with Crippen molar-refractivity contribution < 1.29 is 23.0 Å². The minimum atomic E-state index is -3.47. The summed E-state index contributed by atoms with van der Waals surface area (Å²) in [6, 6.07) is 0. The molecule has 0 bridgehead atoms. The van der Waals surface area contributed by atoms with Gasteiger partial charge in [-0.05, 0) is 47.0 Å². The van der Waals surface area contributed by atoms with Crippen molar-refractivity contribution in [2.45, 2.75) is 79.7 Å². The van der Waals surface area contributed by atoms with E-state index in [-0.39, 0.29) is 6.10 Å². The maximum atomic E-state index is 13.9. The number of aromatic nitrogens is 2. The van der Waals surface area contributed by atoms with Gasteiger partial charge in [0, 0.05) is 5.54 Å². The highest BCUT2D eigenvalue weighted by molar-refractivity contribution is 7.54. The Morgan fingerprint density at radius 2 is 1.64 bits per heavy atom. The van der Waals surface area contributed by atoms with E-state index in [1.807, 2.05) is 103 Å². The Morgan fingerprint density at radius 3 is 1.96 bits per heavy atom. The number of aryl methyl sites for hydroxylation is 2. The first-order valence-corrected chi connectivity index (χ1v) is 11.6. The zero-order valence-electron chi connectivity index (χ0n) is 19.6. The number of hydrogen-bond acceptors (Lipinski definition) is 5. The molecule has 1 aromatic heterocycles. The molecule has 1 aromatic rings. The van der Waals surface area contributed by atoms with Gasteiger partial charge in [0.2, 0.25) is 6.33 Å². The molecule has 0 aliphatic rings. The maximum absolute atomic E-state index is 13.9. The van der Waals surface area contributed by atoms with Gasteiger partial charge >= 0.3 is 7.60 Å². The molecule has 0 spiro atoms. The lowest BCUT2D eigenvalue weighted by molar-refractivity contribution is -0.671. The van der Waals surface area contributed by atoms with E-state index in [0.29, 0.717) is 13.2 Å². The highest BCUT2D eigenvalue weighted by Crippen LogP contribution is 2.61. The van der Waals surface area contributed by atoms with E-state index in [9.17, 15) is 4.57 Å².